The molecule has 4 heteroatoms. The van der Waals surface area contributed by atoms with Crippen LogP contribution < -0.4 is 10.6 Å². The number of benzene rings is 2. The number of rotatable bonds is 7. The molecule has 1 aromatic heterocycles. The van der Waals surface area contributed by atoms with Gasteiger partial charge in [-0.15, -0.1) is 0 Å². The normalized spacial score (nSPS) is 10.6. The minimum absolute atomic E-state index is 0.805. The maximum atomic E-state index is 4.39. The number of hydrogen-bond acceptors (Lipinski definition) is 3. The zero-order chi connectivity index (χ0) is 18.5. The Hall–Kier alpha value is -3.01. The third-order valence-electron chi connectivity index (χ3n) is 4.39. The molecule has 26 heavy (non-hydrogen) atoms. The Morgan fingerprint density at radius 3 is 2.46 bits per heavy atom. The van der Waals surface area contributed by atoms with Crippen molar-refractivity contribution in [1.82, 2.24) is 9.78 Å². The predicted octanol–water partition coefficient (Wildman–Crippen LogP) is 4.95. The van der Waals surface area contributed by atoms with Crippen LogP contribution >= 0.6 is 0 Å². The second kappa shape index (κ2) is 7.91. The van der Waals surface area contributed by atoms with Crippen LogP contribution in [-0.4, -0.2) is 16.8 Å². The molecule has 2 N–H and O–H groups in total. The minimum Gasteiger partial charge on any atom is -0.386 e. The van der Waals surface area contributed by atoms with E-state index in [4.69, 9.17) is 0 Å². The Labute approximate surface area is 155 Å². The number of anilines is 2. The third-order valence-corrected chi connectivity index (χ3v) is 4.39. The van der Waals surface area contributed by atoms with Crippen LogP contribution in [0.1, 0.15) is 23.6 Å². The van der Waals surface area contributed by atoms with Gasteiger partial charge in [0.2, 0.25) is 0 Å². The van der Waals surface area contributed by atoms with Gasteiger partial charge in [-0.25, -0.2) is 4.68 Å². The molecule has 1 heterocycles. The van der Waals surface area contributed by atoms with Crippen LogP contribution in [0.3, 0.4) is 0 Å². The lowest BCUT2D eigenvalue weighted by Gasteiger charge is -2.14. The lowest BCUT2D eigenvalue weighted by atomic mass is 10.1. The van der Waals surface area contributed by atoms with Gasteiger partial charge in [-0.1, -0.05) is 37.8 Å². The maximum absolute atomic E-state index is 4.39. The summed E-state index contributed by atoms with van der Waals surface area (Å²) in [6.07, 6.45) is 5.74. The molecular weight excluding hydrogens is 320 g/mol. The number of hydrogen-bond donors (Lipinski definition) is 2. The number of aromatic nitrogens is 2. The molecule has 0 atom stereocenters. The van der Waals surface area contributed by atoms with Gasteiger partial charge in [0, 0.05) is 31.0 Å². The minimum atomic E-state index is 0.805. The van der Waals surface area contributed by atoms with Crippen molar-refractivity contribution in [2.75, 3.05) is 17.7 Å². The topological polar surface area (TPSA) is 41.9 Å². The van der Waals surface area contributed by atoms with Crippen molar-refractivity contribution in [3.8, 4) is 5.69 Å². The van der Waals surface area contributed by atoms with E-state index in [0.29, 0.717) is 0 Å². The molecule has 0 aliphatic rings. The highest BCUT2D eigenvalue weighted by molar-refractivity contribution is 5.68. The first-order chi connectivity index (χ1) is 12.6. The Bertz CT molecular complexity index is 891. The lowest BCUT2D eigenvalue weighted by molar-refractivity contribution is 0.881. The van der Waals surface area contributed by atoms with E-state index in [9.17, 15) is 0 Å². The molecule has 0 aliphatic carbocycles. The van der Waals surface area contributed by atoms with E-state index in [0.717, 1.165) is 41.2 Å². The Morgan fingerprint density at radius 1 is 1.12 bits per heavy atom. The maximum Gasteiger partial charge on any atom is 0.0878 e. The summed E-state index contributed by atoms with van der Waals surface area (Å²) >= 11 is 0. The van der Waals surface area contributed by atoms with Gasteiger partial charge in [-0.2, -0.15) is 5.10 Å². The second-order valence-corrected chi connectivity index (χ2v) is 6.52. The van der Waals surface area contributed by atoms with Crippen molar-refractivity contribution >= 4 is 11.4 Å². The highest BCUT2D eigenvalue weighted by Gasteiger charge is 2.07. The first-order valence-electron chi connectivity index (χ1n) is 8.95. The van der Waals surface area contributed by atoms with Crippen LogP contribution in [0.5, 0.6) is 0 Å². The monoisotopic (exact) mass is 346 g/mol. The summed E-state index contributed by atoms with van der Waals surface area (Å²) in [5.41, 5.74) is 7.77. The van der Waals surface area contributed by atoms with Crippen molar-refractivity contribution in [3.63, 3.8) is 0 Å². The molecule has 0 radical (unpaired) electrons. The summed E-state index contributed by atoms with van der Waals surface area (Å²) in [6.45, 7) is 8.39. The summed E-state index contributed by atoms with van der Waals surface area (Å²) in [4.78, 5) is 0. The van der Waals surface area contributed by atoms with Crippen molar-refractivity contribution in [2.45, 2.75) is 26.7 Å². The van der Waals surface area contributed by atoms with Crippen LogP contribution in [-0.2, 0) is 12.8 Å². The van der Waals surface area contributed by atoms with Gasteiger partial charge in [-0.05, 0) is 48.2 Å². The van der Waals surface area contributed by atoms with Crippen LogP contribution in [0.2, 0.25) is 0 Å². The SMILES string of the molecule is C=C(Cc1ccc(CC)cc1)Nc1ccc(-n2cc(C)cn2)c(NC)c1. The fourth-order valence-corrected chi connectivity index (χ4v) is 2.95. The summed E-state index contributed by atoms with van der Waals surface area (Å²) < 4.78 is 1.88. The number of aryl methyl sites for hydroxylation is 2. The standard InChI is InChI=1S/C22H26N4/c1-5-18-6-8-19(9-7-18)12-17(3)25-20-10-11-22(21(13-20)23-4)26-15-16(2)14-24-26/h6-11,13-15,23,25H,3,5,12H2,1-2,4H3. The summed E-state index contributed by atoms with van der Waals surface area (Å²) in [7, 11) is 1.92. The molecule has 0 spiro atoms. The number of nitrogens with zero attached hydrogens (tertiary/aromatic N) is 2. The first-order valence-corrected chi connectivity index (χ1v) is 8.95. The van der Waals surface area contributed by atoms with Crippen molar-refractivity contribution < 1.29 is 0 Å². The van der Waals surface area contributed by atoms with Crippen molar-refractivity contribution in [1.29, 1.82) is 0 Å². The molecule has 134 valence electrons. The highest BCUT2D eigenvalue weighted by atomic mass is 15.3. The van der Waals surface area contributed by atoms with Crippen molar-refractivity contribution in [3.05, 3.63) is 83.8 Å². The van der Waals surface area contributed by atoms with E-state index in [1.54, 1.807) is 0 Å². The van der Waals surface area contributed by atoms with Crippen LogP contribution in [0.15, 0.2) is 67.1 Å². The summed E-state index contributed by atoms with van der Waals surface area (Å²) in [5, 5.41) is 11.1. The van der Waals surface area contributed by atoms with Crippen LogP contribution in [0, 0.1) is 6.92 Å². The van der Waals surface area contributed by atoms with E-state index in [1.165, 1.54) is 11.1 Å². The molecule has 0 saturated carbocycles. The molecular formula is C22H26N4. The molecule has 4 nitrogen and oxygen atoms in total. The van der Waals surface area contributed by atoms with E-state index in [-0.39, 0.29) is 0 Å². The molecule has 0 saturated heterocycles. The van der Waals surface area contributed by atoms with Gasteiger partial charge < -0.3 is 10.6 Å². The molecule has 3 aromatic rings. The molecule has 0 unspecified atom stereocenters. The van der Waals surface area contributed by atoms with Gasteiger partial charge in [0.05, 0.1) is 17.6 Å². The molecule has 2 aromatic carbocycles. The predicted molar refractivity (Wildman–Crippen MR) is 110 cm³/mol. The zero-order valence-corrected chi connectivity index (χ0v) is 15.7. The highest BCUT2D eigenvalue weighted by Crippen LogP contribution is 2.25. The van der Waals surface area contributed by atoms with Gasteiger partial charge in [-0.3, -0.25) is 0 Å². The van der Waals surface area contributed by atoms with Gasteiger partial charge >= 0.3 is 0 Å². The lowest BCUT2D eigenvalue weighted by Crippen LogP contribution is -2.05. The average molecular weight is 346 g/mol. The Kier molecular flexibility index (Phi) is 5.42. The van der Waals surface area contributed by atoms with Gasteiger partial charge in [0.1, 0.15) is 0 Å². The van der Waals surface area contributed by atoms with E-state index < -0.39 is 0 Å². The van der Waals surface area contributed by atoms with E-state index in [1.807, 2.05) is 31.0 Å². The fraction of sp³-hybridized carbons (Fsp3) is 0.227. The number of nitrogens with one attached hydrogen (secondary N) is 2. The summed E-state index contributed by atoms with van der Waals surface area (Å²) in [5.74, 6) is 0. The first kappa shape index (κ1) is 17.8. The van der Waals surface area contributed by atoms with Gasteiger partial charge in [0.15, 0.2) is 0 Å². The Morgan fingerprint density at radius 2 is 1.85 bits per heavy atom. The molecule has 3 rings (SSSR count). The molecule has 0 bridgehead atoms. The van der Waals surface area contributed by atoms with E-state index in [2.05, 4.69) is 71.7 Å². The van der Waals surface area contributed by atoms with Crippen molar-refractivity contribution in [2.24, 2.45) is 0 Å². The fourth-order valence-electron chi connectivity index (χ4n) is 2.95. The quantitative estimate of drug-likeness (QED) is 0.636. The Balaban J connectivity index is 1.71. The zero-order valence-electron chi connectivity index (χ0n) is 15.7. The number of allylic oxidation sites excluding steroid dienone is 1. The molecule has 0 amide bonds. The van der Waals surface area contributed by atoms with Crippen LogP contribution in [0.4, 0.5) is 11.4 Å². The largest absolute Gasteiger partial charge is 0.386 e. The third kappa shape index (κ3) is 4.14. The average Bonchev–Trinajstić information content (AvgIpc) is 3.08. The van der Waals surface area contributed by atoms with Gasteiger partial charge in [0.25, 0.3) is 0 Å². The summed E-state index contributed by atoms with van der Waals surface area (Å²) in [6, 6.07) is 14.9. The molecule has 0 aliphatic heterocycles. The van der Waals surface area contributed by atoms with Crippen LogP contribution in [0.25, 0.3) is 5.69 Å². The smallest absolute Gasteiger partial charge is 0.0878 e. The van der Waals surface area contributed by atoms with E-state index >= 15 is 0 Å². The second-order valence-electron chi connectivity index (χ2n) is 6.52. The molecule has 0 fully saturated rings.